The van der Waals surface area contributed by atoms with Crippen LogP contribution < -0.4 is 0 Å². The standard InChI is InChI=1S/C12H17NO3S2/c1-12(2)4-3-9(16-12)7-18-11-13-8(6-17-11)5-10(14)15/h6,9H,3-5,7H2,1-2H3,(H,14,15). The molecule has 0 bridgehead atoms. The monoisotopic (exact) mass is 287 g/mol. The first-order valence-electron chi connectivity index (χ1n) is 5.91. The van der Waals surface area contributed by atoms with Crippen LogP contribution in [0.15, 0.2) is 9.72 Å². The first-order chi connectivity index (χ1) is 8.44. The zero-order chi connectivity index (χ0) is 13.2. The summed E-state index contributed by atoms with van der Waals surface area (Å²) in [6.45, 7) is 4.23. The van der Waals surface area contributed by atoms with Gasteiger partial charge in [0.1, 0.15) is 4.34 Å². The van der Waals surface area contributed by atoms with Crippen molar-refractivity contribution in [3.05, 3.63) is 11.1 Å². The molecule has 1 aliphatic heterocycles. The maximum absolute atomic E-state index is 10.6. The average molecular weight is 287 g/mol. The van der Waals surface area contributed by atoms with Gasteiger partial charge in [0.05, 0.1) is 23.8 Å². The molecule has 4 nitrogen and oxygen atoms in total. The van der Waals surface area contributed by atoms with E-state index in [1.54, 1.807) is 11.8 Å². The lowest BCUT2D eigenvalue weighted by atomic mass is 10.1. The van der Waals surface area contributed by atoms with Crippen molar-refractivity contribution in [2.24, 2.45) is 0 Å². The summed E-state index contributed by atoms with van der Waals surface area (Å²) >= 11 is 3.16. The minimum absolute atomic E-state index is 0.00255. The molecule has 0 spiro atoms. The number of aromatic nitrogens is 1. The van der Waals surface area contributed by atoms with Crippen LogP contribution in [0.2, 0.25) is 0 Å². The molecule has 0 radical (unpaired) electrons. The molecule has 1 aromatic rings. The van der Waals surface area contributed by atoms with Gasteiger partial charge in [-0.3, -0.25) is 4.79 Å². The Balaban J connectivity index is 1.80. The molecule has 1 aliphatic rings. The zero-order valence-electron chi connectivity index (χ0n) is 10.5. The molecule has 1 aromatic heterocycles. The lowest BCUT2D eigenvalue weighted by molar-refractivity contribution is -0.136. The molecule has 2 rings (SSSR count). The Labute approximate surface area is 115 Å². The van der Waals surface area contributed by atoms with E-state index in [4.69, 9.17) is 9.84 Å². The number of rotatable bonds is 5. The highest BCUT2D eigenvalue weighted by atomic mass is 32.2. The van der Waals surface area contributed by atoms with Gasteiger partial charge < -0.3 is 9.84 Å². The van der Waals surface area contributed by atoms with E-state index in [1.165, 1.54) is 11.3 Å². The number of ether oxygens (including phenoxy) is 1. The predicted octanol–water partition coefficient (Wildman–Crippen LogP) is 2.82. The second-order valence-corrected chi connectivity index (χ2v) is 7.15. The molecule has 1 N–H and O–H groups in total. The van der Waals surface area contributed by atoms with E-state index in [-0.39, 0.29) is 18.1 Å². The largest absolute Gasteiger partial charge is 0.481 e. The fourth-order valence-electron chi connectivity index (χ4n) is 1.95. The molecule has 100 valence electrons. The fourth-order valence-corrected chi connectivity index (χ4v) is 3.86. The van der Waals surface area contributed by atoms with E-state index in [9.17, 15) is 4.79 Å². The Morgan fingerprint density at radius 1 is 1.72 bits per heavy atom. The van der Waals surface area contributed by atoms with Crippen LogP contribution in [-0.2, 0) is 16.0 Å². The fraction of sp³-hybridized carbons (Fsp3) is 0.667. The van der Waals surface area contributed by atoms with Crippen molar-refractivity contribution in [2.75, 3.05) is 5.75 Å². The molecule has 1 fully saturated rings. The molecule has 18 heavy (non-hydrogen) atoms. The maximum atomic E-state index is 10.6. The Kier molecular flexibility index (Phi) is 4.29. The third kappa shape index (κ3) is 3.96. The van der Waals surface area contributed by atoms with Crippen LogP contribution in [0.25, 0.3) is 0 Å². The first-order valence-corrected chi connectivity index (χ1v) is 7.78. The molecule has 0 amide bonds. The van der Waals surface area contributed by atoms with Gasteiger partial charge in [-0.05, 0) is 26.7 Å². The smallest absolute Gasteiger partial charge is 0.309 e. The molecule has 0 aromatic carbocycles. The van der Waals surface area contributed by atoms with Crippen LogP contribution in [0.4, 0.5) is 0 Å². The average Bonchev–Trinajstić information content (AvgIpc) is 2.81. The minimum atomic E-state index is -0.835. The van der Waals surface area contributed by atoms with Crippen LogP contribution >= 0.6 is 23.1 Å². The highest BCUT2D eigenvalue weighted by Crippen LogP contribution is 2.33. The van der Waals surface area contributed by atoms with E-state index in [0.717, 1.165) is 22.9 Å². The van der Waals surface area contributed by atoms with Crippen molar-refractivity contribution in [2.45, 2.75) is 49.2 Å². The molecular formula is C12H17NO3S2. The van der Waals surface area contributed by atoms with Crippen molar-refractivity contribution in [3.63, 3.8) is 0 Å². The van der Waals surface area contributed by atoms with Gasteiger partial charge in [-0.15, -0.1) is 11.3 Å². The van der Waals surface area contributed by atoms with Crippen LogP contribution in [0.5, 0.6) is 0 Å². The summed E-state index contributed by atoms with van der Waals surface area (Å²) in [7, 11) is 0. The number of thioether (sulfide) groups is 1. The predicted molar refractivity (Wildman–Crippen MR) is 72.4 cm³/mol. The topological polar surface area (TPSA) is 59.4 Å². The van der Waals surface area contributed by atoms with Crippen LogP contribution in [0.3, 0.4) is 0 Å². The Hall–Kier alpha value is -0.590. The molecule has 1 unspecified atom stereocenters. The summed E-state index contributed by atoms with van der Waals surface area (Å²) < 4.78 is 6.83. The van der Waals surface area contributed by atoms with Crippen molar-refractivity contribution in [3.8, 4) is 0 Å². The summed E-state index contributed by atoms with van der Waals surface area (Å²) in [5, 5.41) is 10.5. The molecule has 0 saturated carbocycles. The summed E-state index contributed by atoms with van der Waals surface area (Å²) in [5.41, 5.74) is 0.644. The summed E-state index contributed by atoms with van der Waals surface area (Å²) in [6, 6.07) is 0. The highest BCUT2D eigenvalue weighted by molar-refractivity contribution is 8.01. The number of hydrogen-bond donors (Lipinski definition) is 1. The highest BCUT2D eigenvalue weighted by Gasteiger charge is 2.31. The molecule has 0 aliphatic carbocycles. The number of nitrogens with zero attached hydrogens (tertiary/aromatic N) is 1. The quantitative estimate of drug-likeness (QED) is 0.844. The second-order valence-electron chi connectivity index (χ2n) is 5.02. The maximum Gasteiger partial charge on any atom is 0.309 e. The van der Waals surface area contributed by atoms with E-state index in [1.807, 2.05) is 5.38 Å². The number of carboxylic acid groups (broad SMARTS) is 1. The summed E-state index contributed by atoms with van der Waals surface area (Å²) in [6.07, 6.45) is 2.48. The van der Waals surface area contributed by atoms with Gasteiger partial charge in [0.15, 0.2) is 0 Å². The number of carbonyl (C=O) groups is 1. The van der Waals surface area contributed by atoms with Crippen molar-refractivity contribution < 1.29 is 14.6 Å². The van der Waals surface area contributed by atoms with Crippen molar-refractivity contribution in [1.29, 1.82) is 0 Å². The van der Waals surface area contributed by atoms with Gasteiger partial charge in [0, 0.05) is 11.1 Å². The SMILES string of the molecule is CC1(C)CCC(CSc2nc(CC(=O)O)cs2)O1. The van der Waals surface area contributed by atoms with E-state index in [0.29, 0.717) is 5.69 Å². The lowest BCUT2D eigenvalue weighted by Crippen LogP contribution is -2.20. The van der Waals surface area contributed by atoms with Crippen molar-refractivity contribution >= 4 is 29.1 Å². The van der Waals surface area contributed by atoms with E-state index < -0.39 is 5.97 Å². The van der Waals surface area contributed by atoms with Gasteiger partial charge in [-0.25, -0.2) is 4.98 Å². The van der Waals surface area contributed by atoms with Gasteiger partial charge in [-0.2, -0.15) is 0 Å². The van der Waals surface area contributed by atoms with Gasteiger partial charge in [-0.1, -0.05) is 11.8 Å². The summed E-state index contributed by atoms with van der Waals surface area (Å²) in [4.78, 5) is 14.8. The molecule has 2 heterocycles. The molecule has 1 saturated heterocycles. The number of hydrogen-bond acceptors (Lipinski definition) is 5. The third-order valence-corrected chi connectivity index (χ3v) is 5.01. The van der Waals surface area contributed by atoms with E-state index >= 15 is 0 Å². The summed E-state index contributed by atoms with van der Waals surface area (Å²) in [5.74, 6) is 0.0569. The zero-order valence-corrected chi connectivity index (χ0v) is 12.1. The van der Waals surface area contributed by atoms with Gasteiger partial charge >= 0.3 is 5.97 Å². The molecule has 1 atom stereocenters. The third-order valence-electron chi connectivity index (χ3n) is 2.81. The van der Waals surface area contributed by atoms with Crippen LogP contribution in [0.1, 0.15) is 32.4 Å². The minimum Gasteiger partial charge on any atom is -0.481 e. The lowest BCUT2D eigenvalue weighted by Gasteiger charge is -2.18. The van der Waals surface area contributed by atoms with Gasteiger partial charge in [0.2, 0.25) is 0 Å². The normalized spacial score (nSPS) is 22.2. The number of carboxylic acids is 1. The van der Waals surface area contributed by atoms with Gasteiger partial charge in [0.25, 0.3) is 0 Å². The van der Waals surface area contributed by atoms with Crippen molar-refractivity contribution in [1.82, 2.24) is 4.98 Å². The van der Waals surface area contributed by atoms with Crippen LogP contribution in [0, 0.1) is 0 Å². The molecule has 6 heteroatoms. The Morgan fingerprint density at radius 2 is 2.50 bits per heavy atom. The Morgan fingerprint density at radius 3 is 3.11 bits per heavy atom. The molecular weight excluding hydrogens is 270 g/mol. The Bertz CT molecular complexity index is 431. The van der Waals surface area contributed by atoms with E-state index in [2.05, 4.69) is 18.8 Å². The number of thiazole rings is 1. The number of aliphatic carboxylic acids is 1. The van der Waals surface area contributed by atoms with Crippen LogP contribution in [-0.4, -0.2) is 33.5 Å². The second kappa shape index (κ2) is 5.59. The first kappa shape index (κ1) is 13.8.